The van der Waals surface area contributed by atoms with E-state index in [2.05, 4.69) is 45.3 Å². The Kier molecular flexibility index (Phi) is 6.58. The van der Waals surface area contributed by atoms with Crippen molar-refractivity contribution in [2.24, 2.45) is 16.9 Å². The number of non-ortho nitro benzene ring substituents is 1. The van der Waals surface area contributed by atoms with Gasteiger partial charge in [-0.05, 0) is 73.6 Å². The Morgan fingerprint density at radius 2 is 1.42 bits per heavy atom. The SMILES string of the molecule is COc1cc(/C=N\N2C(=O)[C@@H]3C4c5ccccc5C(c5ccccc54)[C@H]3C2=O)cc(Br)c1OCc1ccc([N+](=O)[O-])cc1. The summed E-state index contributed by atoms with van der Waals surface area (Å²) in [4.78, 5) is 38.1. The van der Waals surface area contributed by atoms with E-state index in [9.17, 15) is 19.7 Å². The number of rotatable bonds is 7. The number of benzene rings is 4. The van der Waals surface area contributed by atoms with Crippen LogP contribution in [0.5, 0.6) is 11.5 Å². The van der Waals surface area contributed by atoms with Crippen molar-refractivity contribution in [1.29, 1.82) is 0 Å². The number of carbonyl (C=O) groups is 2. The summed E-state index contributed by atoms with van der Waals surface area (Å²) in [5.41, 5.74) is 5.78. The van der Waals surface area contributed by atoms with Gasteiger partial charge in [-0.25, -0.2) is 0 Å². The minimum atomic E-state index is -0.504. The third-order valence-electron chi connectivity index (χ3n) is 8.53. The molecule has 3 aliphatic carbocycles. The number of methoxy groups -OCH3 is 1. The van der Waals surface area contributed by atoms with E-state index in [0.717, 1.165) is 32.8 Å². The molecule has 0 unspecified atom stereocenters. The molecular weight excluding hydrogens is 614 g/mol. The minimum absolute atomic E-state index is 0.00194. The molecule has 4 aromatic carbocycles. The molecule has 1 heterocycles. The first-order valence-corrected chi connectivity index (χ1v) is 14.5. The number of amides is 2. The van der Waals surface area contributed by atoms with E-state index in [-0.39, 0.29) is 35.9 Å². The summed E-state index contributed by atoms with van der Waals surface area (Å²) >= 11 is 3.52. The second-order valence-corrected chi connectivity index (χ2v) is 11.6. The van der Waals surface area contributed by atoms with Gasteiger partial charge in [0.2, 0.25) is 0 Å². The maximum atomic E-state index is 13.8. The normalized spacial score (nSPS) is 21.5. The lowest BCUT2D eigenvalue weighted by molar-refractivity contribution is -0.384. The molecule has 2 amide bonds. The van der Waals surface area contributed by atoms with Crippen LogP contribution in [0.2, 0.25) is 0 Å². The first kappa shape index (κ1) is 27.0. The van der Waals surface area contributed by atoms with Gasteiger partial charge in [-0.3, -0.25) is 19.7 Å². The van der Waals surface area contributed by atoms with Gasteiger partial charge in [-0.15, -0.1) is 0 Å². The topological polar surface area (TPSA) is 111 Å². The molecule has 0 N–H and O–H groups in total. The number of hydrazone groups is 1. The molecule has 214 valence electrons. The van der Waals surface area contributed by atoms with E-state index in [1.165, 1.54) is 25.5 Å². The van der Waals surface area contributed by atoms with Crippen molar-refractivity contribution in [1.82, 2.24) is 5.01 Å². The molecule has 1 aliphatic heterocycles. The average molecular weight is 638 g/mol. The van der Waals surface area contributed by atoms with Gasteiger partial charge in [0.15, 0.2) is 11.5 Å². The number of nitrogens with zero attached hydrogens (tertiary/aromatic N) is 3. The Bertz CT molecular complexity index is 1720. The first-order chi connectivity index (χ1) is 20.9. The molecular formula is C33H24BrN3O6. The third-order valence-corrected chi connectivity index (χ3v) is 9.12. The number of halogens is 1. The molecule has 0 radical (unpaired) electrons. The molecule has 2 atom stereocenters. The molecule has 43 heavy (non-hydrogen) atoms. The zero-order valence-corrected chi connectivity index (χ0v) is 24.4. The van der Waals surface area contributed by atoms with Crippen LogP contribution >= 0.6 is 15.9 Å². The van der Waals surface area contributed by atoms with Gasteiger partial charge in [-0.2, -0.15) is 10.1 Å². The number of nitro groups is 1. The molecule has 8 rings (SSSR count). The Morgan fingerprint density at radius 1 is 0.884 bits per heavy atom. The van der Waals surface area contributed by atoms with Gasteiger partial charge >= 0.3 is 0 Å². The van der Waals surface area contributed by atoms with Crippen LogP contribution in [-0.2, 0) is 16.2 Å². The van der Waals surface area contributed by atoms with Crippen LogP contribution in [0.25, 0.3) is 0 Å². The van der Waals surface area contributed by atoms with E-state index in [4.69, 9.17) is 9.47 Å². The Morgan fingerprint density at radius 3 is 1.91 bits per heavy atom. The van der Waals surface area contributed by atoms with Crippen molar-refractivity contribution in [2.45, 2.75) is 18.4 Å². The molecule has 0 aromatic heterocycles. The Hall–Kier alpha value is -4.83. The zero-order chi connectivity index (χ0) is 29.8. The van der Waals surface area contributed by atoms with E-state index >= 15 is 0 Å². The molecule has 1 fully saturated rings. The van der Waals surface area contributed by atoms with E-state index in [0.29, 0.717) is 21.5 Å². The number of hydrogen-bond donors (Lipinski definition) is 0. The van der Waals surface area contributed by atoms with Gasteiger partial charge in [0.25, 0.3) is 17.5 Å². The highest BCUT2D eigenvalue weighted by atomic mass is 79.9. The smallest absolute Gasteiger partial charge is 0.269 e. The standard InChI is InChI=1S/C33H24BrN3O6/c1-42-26-15-19(14-25(34)31(26)43-17-18-10-12-20(13-11-18)37(40)41)16-35-36-32(38)29-27-21-6-2-3-7-22(21)28(30(29)33(36)39)24-9-5-4-8-23(24)27/h2-16,27-30H,17H2,1H3/b35-16-/t27?,28?,29-,30-/m1/s1. The minimum Gasteiger partial charge on any atom is -0.493 e. The molecule has 1 saturated heterocycles. The van der Waals surface area contributed by atoms with Crippen molar-refractivity contribution in [3.05, 3.63) is 133 Å². The lowest BCUT2D eigenvalue weighted by Gasteiger charge is -2.45. The quantitative estimate of drug-likeness (QED) is 0.104. The summed E-state index contributed by atoms with van der Waals surface area (Å²) in [6.45, 7) is 0.160. The largest absolute Gasteiger partial charge is 0.493 e. The average Bonchev–Trinajstić information content (AvgIpc) is 3.28. The molecule has 4 aromatic rings. The van der Waals surface area contributed by atoms with Gasteiger partial charge in [-0.1, -0.05) is 48.5 Å². The maximum absolute atomic E-state index is 13.8. The molecule has 4 aliphatic rings. The number of ether oxygens (including phenoxy) is 2. The number of hydrogen-bond acceptors (Lipinski definition) is 7. The van der Waals surface area contributed by atoms with Crippen LogP contribution in [0.1, 0.15) is 45.2 Å². The third kappa shape index (κ3) is 4.32. The van der Waals surface area contributed by atoms with Gasteiger partial charge < -0.3 is 9.47 Å². The predicted molar refractivity (Wildman–Crippen MR) is 161 cm³/mol. The van der Waals surface area contributed by atoms with E-state index in [1.54, 1.807) is 24.3 Å². The lowest BCUT2D eigenvalue weighted by Crippen LogP contribution is -2.41. The van der Waals surface area contributed by atoms with E-state index in [1.807, 2.05) is 24.3 Å². The van der Waals surface area contributed by atoms with Crippen LogP contribution in [0.4, 0.5) is 5.69 Å². The fraction of sp³-hybridized carbons (Fsp3) is 0.182. The molecule has 9 nitrogen and oxygen atoms in total. The van der Waals surface area contributed by atoms with Crippen LogP contribution in [-0.4, -0.2) is 35.1 Å². The number of nitro benzene ring substituents is 1. The lowest BCUT2D eigenvalue weighted by atomic mass is 9.55. The van der Waals surface area contributed by atoms with Gasteiger partial charge in [0.1, 0.15) is 6.61 Å². The molecule has 2 bridgehead atoms. The van der Waals surface area contributed by atoms with Crippen LogP contribution in [0.15, 0.2) is 94.5 Å². The van der Waals surface area contributed by atoms with Crippen molar-refractivity contribution < 1.29 is 24.0 Å². The van der Waals surface area contributed by atoms with Crippen LogP contribution in [0.3, 0.4) is 0 Å². The summed E-state index contributed by atoms with van der Waals surface area (Å²) in [5.74, 6) is -1.13. The molecule has 0 spiro atoms. The maximum Gasteiger partial charge on any atom is 0.269 e. The molecule has 10 heteroatoms. The molecule has 0 saturated carbocycles. The van der Waals surface area contributed by atoms with Crippen molar-refractivity contribution in [3.8, 4) is 11.5 Å². The highest BCUT2D eigenvalue weighted by Gasteiger charge is 2.61. The summed E-state index contributed by atoms with van der Waals surface area (Å²) in [5, 5.41) is 16.4. The Balaban J connectivity index is 1.14. The summed E-state index contributed by atoms with van der Waals surface area (Å²) in [6, 6.07) is 25.8. The van der Waals surface area contributed by atoms with Gasteiger partial charge in [0.05, 0.1) is 34.6 Å². The predicted octanol–water partition coefficient (Wildman–Crippen LogP) is 6.17. The van der Waals surface area contributed by atoms with Crippen LogP contribution < -0.4 is 9.47 Å². The Labute approximate surface area is 255 Å². The van der Waals surface area contributed by atoms with Crippen molar-refractivity contribution in [2.75, 3.05) is 7.11 Å². The summed E-state index contributed by atoms with van der Waals surface area (Å²) in [6.07, 6.45) is 1.47. The fourth-order valence-corrected chi connectivity index (χ4v) is 7.30. The summed E-state index contributed by atoms with van der Waals surface area (Å²) < 4.78 is 12.1. The monoisotopic (exact) mass is 637 g/mol. The number of carbonyl (C=O) groups excluding carboxylic acids is 2. The number of imide groups is 1. The van der Waals surface area contributed by atoms with Crippen molar-refractivity contribution in [3.63, 3.8) is 0 Å². The van der Waals surface area contributed by atoms with Gasteiger partial charge in [0, 0.05) is 24.0 Å². The second kappa shape index (κ2) is 10.5. The first-order valence-electron chi connectivity index (χ1n) is 13.7. The zero-order valence-electron chi connectivity index (χ0n) is 22.8. The highest BCUT2D eigenvalue weighted by molar-refractivity contribution is 9.10. The van der Waals surface area contributed by atoms with Crippen LogP contribution in [0, 0.1) is 22.0 Å². The highest BCUT2D eigenvalue weighted by Crippen LogP contribution is 2.61. The second-order valence-electron chi connectivity index (χ2n) is 10.7. The fourth-order valence-electron chi connectivity index (χ4n) is 6.72. The summed E-state index contributed by atoms with van der Waals surface area (Å²) in [7, 11) is 1.50. The van der Waals surface area contributed by atoms with Crippen molar-refractivity contribution >= 4 is 39.6 Å². The van der Waals surface area contributed by atoms with E-state index < -0.39 is 16.8 Å².